The Morgan fingerprint density at radius 2 is 2.04 bits per heavy atom. The second-order valence-electron chi connectivity index (χ2n) is 6.69. The van der Waals surface area contributed by atoms with Crippen LogP contribution in [0.2, 0.25) is 0 Å². The number of aliphatic hydroxyl groups excluding tert-OH is 1. The number of aromatic nitrogens is 3. The van der Waals surface area contributed by atoms with Crippen molar-refractivity contribution in [1.82, 2.24) is 24.4 Å². The van der Waals surface area contributed by atoms with Crippen LogP contribution in [-0.4, -0.2) is 73.7 Å². The average molecular weight is 331 g/mol. The minimum Gasteiger partial charge on any atom is -0.395 e. The van der Waals surface area contributed by atoms with E-state index in [1.54, 1.807) is 10.7 Å². The number of fused-ring (bicyclic) bond motifs is 1. The van der Waals surface area contributed by atoms with E-state index in [2.05, 4.69) is 21.9 Å². The second kappa shape index (κ2) is 6.49. The van der Waals surface area contributed by atoms with Gasteiger partial charge in [0.15, 0.2) is 5.65 Å². The summed E-state index contributed by atoms with van der Waals surface area (Å²) in [7, 11) is 0. The zero-order valence-electron chi connectivity index (χ0n) is 14.7. The SMILES string of the molecule is Cc1cc2ncc(C(=O)N3C[C@@H](C)N(CCO)C[C@H]3C)c(C)n2n1. The highest BCUT2D eigenvalue weighted by atomic mass is 16.3. The number of aliphatic hydroxyl groups is 1. The van der Waals surface area contributed by atoms with E-state index < -0.39 is 0 Å². The van der Waals surface area contributed by atoms with Crippen LogP contribution in [0.3, 0.4) is 0 Å². The summed E-state index contributed by atoms with van der Waals surface area (Å²) in [5.74, 6) is -0.00180. The van der Waals surface area contributed by atoms with E-state index in [4.69, 9.17) is 0 Å². The molecule has 130 valence electrons. The molecule has 3 rings (SSSR count). The van der Waals surface area contributed by atoms with Crippen LogP contribution < -0.4 is 0 Å². The molecule has 2 aromatic heterocycles. The molecular weight excluding hydrogens is 306 g/mol. The van der Waals surface area contributed by atoms with Gasteiger partial charge in [0, 0.05) is 44.0 Å². The van der Waals surface area contributed by atoms with Crippen molar-refractivity contribution in [2.24, 2.45) is 0 Å². The molecule has 1 N–H and O–H groups in total. The lowest BCUT2D eigenvalue weighted by molar-refractivity contribution is 0.0264. The largest absolute Gasteiger partial charge is 0.395 e. The lowest BCUT2D eigenvalue weighted by Gasteiger charge is -2.44. The van der Waals surface area contributed by atoms with Gasteiger partial charge in [-0.3, -0.25) is 9.69 Å². The molecule has 3 heterocycles. The fourth-order valence-corrected chi connectivity index (χ4v) is 3.45. The Balaban J connectivity index is 1.87. The van der Waals surface area contributed by atoms with Gasteiger partial charge in [-0.2, -0.15) is 5.10 Å². The summed E-state index contributed by atoms with van der Waals surface area (Å²) in [6.45, 7) is 10.2. The molecule has 2 aromatic rings. The molecule has 24 heavy (non-hydrogen) atoms. The minimum absolute atomic E-state index is 0.00180. The number of β-amino-alcohol motifs (C(OH)–C–C–N with tert-alkyl or cyclic N) is 1. The van der Waals surface area contributed by atoms with Crippen molar-refractivity contribution in [3.05, 3.63) is 29.2 Å². The molecule has 0 radical (unpaired) electrons. The summed E-state index contributed by atoms with van der Waals surface area (Å²) < 4.78 is 1.73. The van der Waals surface area contributed by atoms with Gasteiger partial charge in [-0.1, -0.05) is 0 Å². The van der Waals surface area contributed by atoms with E-state index in [9.17, 15) is 9.90 Å². The maximum atomic E-state index is 13.1. The Bertz CT molecular complexity index is 757. The summed E-state index contributed by atoms with van der Waals surface area (Å²) in [5.41, 5.74) is 3.06. The monoisotopic (exact) mass is 331 g/mol. The zero-order chi connectivity index (χ0) is 17.4. The first-order valence-corrected chi connectivity index (χ1v) is 8.40. The van der Waals surface area contributed by atoms with Crippen LogP contribution in [0.25, 0.3) is 5.65 Å². The minimum atomic E-state index is -0.00180. The Morgan fingerprint density at radius 1 is 1.29 bits per heavy atom. The van der Waals surface area contributed by atoms with Crippen LogP contribution in [0, 0.1) is 13.8 Å². The van der Waals surface area contributed by atoms with Gasteiger partial charge in [-0.15, -0.1) is 0 Å². The summed E-state index contributed by atoms with van der Waals surface area (Å²) in [6.07, 6.45) is 1.66. The quantitative estimate of drug-likeness (QED) is 0.903. The topological polar surface area (TPSA) is 74.0 Å². The van der Waals surface area contributed by atoms with Crippen LogP contribution in [0.5, 0.6) is 0 Å². The van der Waals surface area contributed by atoms with Gasteiger partial charge in [-0.25, -0.2) is 9.50 Å². The molecule has 0 spiro atoms. The molecule has 0 aliphatic carbocycles. The molecule has 0 aromatic carbocycles. The van der Waals surface area contributed by atoms with Gasteiger partial charge in [0.25, 0.3) is 5.91 Å². The molecular formula is C17H25N5O2. The average Bonchev–Trinajstić information content (AvgIpc) is 2.92. The Labute approximate surface area is 141 Å². The maximum absolute atomic E-state index is 13.1. The first-order chi connectivity index (χ1) is 11.4. The number of piperazine rings is 1. The van der Waals surface area contributed by atoms with Crippen molar-refractivity contribution in [2.75, 3.05) is 26.2 Å². The van der Waals surface area contributed by atoms with Crippen molar-refractivity contribution < 1.29 is 9.90 Å². The highest BCUT2D eigenvalue weighted by Crippen LogP contribution is 2.20. The van der Waals surface area contributed by atoms with Crippen molar-refractivity contribution >= 4 is 11.6 Å². The summed E-state index contributed by atoms with van der Waals surface area (Å²) >= 11 is 0. The first-order valence-electron chi connectivity index (χ1n) is 8.40. The number of carbonyl (C=O) groups excluding carboxylic acids is 1. The van der Waals surface area contributed by atoms with Gasteiger partial charge in [-0.05, 0) is 27.7 Å². The lowest BCUT2D eigenvalue weighted by Crippen LogP contribution is -2.58. The Kier molecular flexibility index (Phi) is 4.56. The molecule has 0 unspecified atom stereocenters. The van der Waals surface area contributed by atoms with E-state index in [0.717, 1.165) is 23.6 Å². The molecule has 1 aliphatic rings. The van der Waals surface area contributed by atoms with Crippen LogP contribution in [0.4, 0.5) is 0 Å². The number of amides is 1. The second-order valence-corrected chi connectivity index (χ2v) is 6.69. The van der Waals surface area contributed by atoms with Crippen molar-refractivity contribution in [3.8, 4) is 0 Å². The maximum Gasteiger partial charge on any atom is 0.257 e. The normalized spacial score (nSPS) is 22.3. The zero-order valence-corrected chi connectivity index (χ0v) is 14.7. The van der Waals surface area contributed by atoms with E-state index >= 15 is 0 Å². The first kappa shape index (κ1) is 16.9. The number of rotatable bonds is 3. The third kappa shape index (κ3) is 2.89. The standard InChI is InChI=1S/C17H25N5O2/c1-11-7-16-18-8-15(14(4)22(16)19-11)17(24)21-10-12(2)20(5-6-23)9-13(21)3/h7-8,12-13,23H,5-6,9-10H2,1-4H3/t12-,13-/m1/s1. The van der Waals surface area contributed by atoms with E-state index in [-0.39, 0.29) is 24.6 Å². The molecule has 0 bridgehead atoms. The third-order valence-corrected chi connectivity index (χ3v) is 4.84. The summed E-state index contributed by atoms with van der Waals surface area (Å²) in [4.78, 5) is 21.6. The number of hydrogen-bond donors (Lipinski definition) is 1. The van der Waals surface area contributed by atoms with E-state index in [0.29, 0.717) is 18.7 Å². The molecule has 1 saturated heterocycles. The van der Waals surface area contributed by atoms with Crippen LogP contribution in [0.15, 0.2) is 12.3 Å². The number of aryl methyl sites for hydroxylation is 2. The van der Waals surface area contributed by atoms with Crippen molar-refractivity contribution in [1.29, 1.82) is 0 Å². The Hall–Kier alpha value is -1.99. The van der Waals surface area contributed by atoms with Gasteiger partial charge >= 0.3 is 0 Å². The molecule has 7 heteroatoms. The summed E-state index contributed by atoms with van der Waals surface area (Å²) in [6, 6.07) is 2.22. The summed E-state index contributed by atoms with van der Waals surface area (Å²) in [5, 5.41) is 13.6. The predicted octanol–water partition coefficient (Wildman–Crippen LogP) is 0.873. The van der Waals surface area contributed by atoms with Crippen LogP contribution in [0.1, 0.15) is 35.6 Å². The molecule has 0 saturated carbocycles. The Morgan fingerprint density at radius 3 is 2.75 bits per heavy atom. The molecule has 1 aliphatic heterocycles. The highest BCUT2D eigenvalue weighted by molar-refractivity contribution is 5.95. The predicted molar refractivity (Wildman–Crippen MR) is 91.1 cm³/mol. The number of hydrogen-bond acceptors (Lipinski definition) is 5. The van der Waals surface area contributed by atoms with Crippen molar-refractivity contribution in [3.63, 3.8) is 0 Å². The lowest BCUT2D eigenvalue weighted by atomic mass is 10.1. The fourth-order valence-electron chi connectivity index (χ4n) is 3.45. The molecule has 1 fully saturated rings. The number of carbonyl (C=O) groups is 1. The van der Waals surface area contributed by atoms with Gasteiger partial charge in [0.1, 0.15) is 0 Å². The van der Waals surface area contributed by atoms with E-state index in [1.165, 1.54) is 0 Å². The van der Waals surface area contributed by atoms with Crippen LogP contribution in [-0.2, 0) is 0 Å². The molecule has 7 nitrogen and oxygen atoms in total. The highest BCUT2D eigenvalue weighted by Gasteiger charge is 2.33. The van der Waals surface area contributed by atoms with Gasteiger partial charge in [0.05, 0.1) is 23.6 Å². The fraction of sp³-hybridized carbons (Fsp3) is 0.588. The smallest absolute Gasteiger partial charge is 0.257 e. The van der Waals surface area contributed by atoms with E-state index in [1.807, 2.05) is 31.7 Å². The van der Waals surface area contributed by atoms with Gasteiger partial charge in [0.2, 0.25) is 0 Å². The molecule has 2 atom stereocenters. The van der Waals surface area contributed by atoms with Gasteiger partial charge < -0.3 is 10.0 Å². The van der Waals surface area contributed by atoms with Crippen molar-refractivity contribution in [2.45, 2.75) is 39.8 Å². The number of nitrogens with zero attached hydrogens (tertiary/aromatic N) is 5. The molecule has 1 amide bonds. The van der Waals surface area contributed by atoms with Crippen LogP contribution >= 0.6 is 0 Å². The third-order valence-electron chi connectivity index (χ3n) is 4.84.